The second-order valence-electron chi connectivity index (χ2n) is 8.59. The van der Waals surface area contributed by atoms with E-state index in [1.807, 2.05) is 13.8 Å². The Hall–Kier alpha value is -2.25. The maximum Gasteiger partial charge on any atom is 0.360 e. The second-order valence-corrected chi connectivity index (χ2v) is 8.59. The van der Waals surface area contributed by atoms with Crippen molar-refractivity contribution in [2.24, 2.45) is 10.8 Å². The molecule has 1 aliphatic heterocycles. The summed E-state index contributed by atoms with van der Waals surface area (Å²) in [4.78, 5) is 16.6. The standard InChI is InChI=1S/C21H26FNO5/c1-13-16(23-17(28-13)14-8-6-7-9-15(14)22)18(24)25-12-21(4,5)19-26-10-20(2,3)11-27-19/h6-9,19H,10-12H2,1-5H3. The summed E-state index contributed by atoms with van der Waals surface area (Å²) in [5.74, 6) is -0.789. The zero-order chi connectivity index (χ0) is 20.5. The normalized spacial score (nSPS) is 17.5. The van der Waals surface area contributed by atoms with Gasteiger partial charge in [0.15, 0.2) is 12.0 Å². The van der Waals surface area contributed by atoms with Gasteiger partial charge in [-0.1, -0.05) is 39.8 Å². The number of nitrogens with zero attached hydrogens (tertiary/aromatic N) is 1. The molecule has 1 saturated heterocycles. The average molecular weight is 391 g/mol. The number of hydrogen-bond donors (Lipinski definition) is 0. The van der Waals surface area contributed by atoms with Crippen LogP contribution >= 0.6 is 0 Å². The van der Waals surface area contributed by atoms with Gasteiger partial charge in [0.25, 0.3) is 0 Å². The van der Waals surface area contributed by atoms with Crippen molar-refractivity contribution in [3.63, 3.8) is 0 Å². The largest absolute Gasteiger partial charge is 0.460 e. The number of halogens is 1. The molecule has 1 aromatic heterocycles. The molecule has 1 aromatic carbocycles. The van der Waals surface area contributed by atoms with E-state index in [2.05, 4.69) is 18.8 Å². The first-order valence-corrected chi connectivity index (χ1v) is 9.22. The lowest BCUT2D eigenvalue weighted by molar-refractivity contribution is -0.267. The minimum atomic E-state index is -0.631. The Morgan fingerprint density at radius 2 is 1.93 bits per heavy atom. The van der Waals surface area contributed by atoms with Crippen LogP contribution < -0.4 is 0 Å². The third-order valence-electron chi connectivity index (χ3n) is 4.56. The fourth-order valence-corrected chi connectivity index (χ4v) is 2.87. The van der Waals surface area contributed by atoms with Gasteiger partial charge < -0.3 is 18.6 Å². The Labute approximate surface area is 164 Å². The minimum Gasteiger partial charge on any atom is -0.460 e. The van der Waals surface area contributed by atoms with E-state index >= 15 is 0 Å². The number of hydrogen-bond acceptors (Lipinski definition) is 6. The van der Waals surface area contributed by atoms with E-state index in [-0.39, 0.29) is 34.9 Å². The smallest absolute Gasteiger partial charge is 0.360 e. The third-order valence-corrected chi connectivity index (χ3v) is 4.56. The lowest BCUT2D eigenvalue weighted by Gasteiger charge is -2.41. The number of esters is 1. The molecule has 6 nitrogen and oxygen atoms in total. The number of carbonyl (C=O) groups is 1. The lowest BCUT2D eigenvalue weighted by atomic mass is 9.90. The molecule has 2 aromatic rings. The summed E-state index contributed by atoms with van der Waals surface area (Å²) in [5, 5.41) is 0. The SMILES string of the molecule is Cc1oc(-c2ccccc2F)nc1C(=O)OCC(C)(C)C1OCC(C)(C)CO1. The molecule has 3 rings (SSSR count). The number of aromatic nitrogens is 1. The molecule has 1 fully saturated rings. The molecule has 0 amide bonds. The summed E-state index contributed by atoms with van der Waals surface area (Å²) >= 11 is 0. The van der Waals surface area contributed by atoms with E-state index in [1.165, 1.54) is 12.1 Å². The van der Waals surface area contributed by atoms with Gasteiger partial charge in [-0.2, -0.15) is 0 Å². The van der Waals surface area contributed by atoms with Crippen molar-refractivity contribution < 1.29 is 27.8 Å². The summed E-state index contributed by atoms with van der Waals surface area (Å²) in [5.41, 5.74) is -0.361. The molecule has 0 atom stereocenters. The predicted octanol–water partition coefficient (Wildman–Crippen LogP) is 4.37. The van der Waals surface area contributed by atoms with Crippen molar-refractivity contribution in [1.82, 2.24) is 4.98 Å². The van der Waals surface area contributed by atoms with Gasteiger partial charge >= 0.3 is 5.97 Å². The summed E-state index contributed by atoms with van der Waals surface area (Å²) in [7, 11) is 0. The van der Waals surface area contributed by atoms with Gasteiger partial charge in [-0.3, -0.25) is 0 Å². The van der Waals surface area contributed by atoms with Crippen LogP contribution in [0, 0.1) is 23.6 Å². The van der Waals surface area contributed by atoms with Gasteiger partial charge in [-0.25, -0.2) is 14.2 Å². The second kappa shape index (κ2) is 7.64. The molecule has 0 aliphatic carbocycles. The zero-order valence-electron chi connectivity index (χ0n) is 16.9. The fraction of sp³-hybridized carbons (Fsp3) is 0.524. The topological polar surface area (TPSA) is 70.8 Å². The molecule has 0 bridgehead atoms. The first kappa shape index (κ1) is 20.5. The van der Waals surface area contributed by atoms with Gasteiger partial charge in [0.2, 0.25) is 5.89 Å². The summed E-state index contributed by atoms with van der Waals surface area (Å²) in [6, 6.07) is 6.09. The molecule has 0 radical (unpaired) electrons. The molecule has 28 heavy (non-hydrogen) atoms. The Morgan fingerprint density at radius 1 is 1.29 bits per heavy atom. The van der Waals surface area contributed by atoms with Gasteiger partial charge in [0, 0.05) is 10.8 Å². The molecule has 0 unspecified atom stereocenters. The van der Waals surface area contributed by atoms with Gasteiger partial charge in [-0.15, -0.1) is 0 Å². The highest BCUT2D eigenvalue weighted by Crippen LogP contribution is 2.33. The number of oxazole rings is 1. The number of benzene rings is 1. The van der Waals surface area contributed by atoms with Crippen LogP contribution in [0.1, 0.15) is 43.9 Å². The van der Waals surface area contributed by atoms with Crippen LogP contribution in [0.5, 0.6) is 0 Å². The van der Waals surface area contributed by atoms with E-state index in [9.17, 15) is 9.18 Å². The van der Waals surface area contributed by atoms with E-state index in [4.69, 9.17) is 18.6 Å². The van der Waals surface area contributed by atoms with Crippen LogP contribution in [0.3, 0.4) is 0 Å². The first-order valence-electron chi connectivity index (χ1n) is 9.22. The predicted molar refractivity (Wildman–Crippen MR) is 100 cm³/mol. The maximum absolute atomic E-state index is 13.9. The average Bonchev–Trinajstić information content (AvgIpc) is 3.01. The molecular formula is C21H26FNO5. The first-order chi connectivity index (χ1) is 13.1. The van der Waals surface area contributed by atoms with Crippen LogP contribution in [0.2, 0.25) is 0 Å². The highest BCUT2D eigenvalue weighted by Gasteiger charge is 2.39. The molecule has 2 heterocycles. The summed E-state index contributed by atoms with van der Waals surface area (Å²) < 4.78 is 36.5. The van der Waals surface area contributed by atoms with Crippen molar-refractivity contribution in [1.29, 1.82) is 0 Å². The van der Waals surface area contributed by atoms with E-state index in [0.29, 0.717) is 13.2 Å². The van der Waals surface area contributed by atoms with Crippen LogP contribution in [0.4, 0.5) is 4.39 Å². The van der Waals surface area contributed by atoms with Crippen molar-refractivity contribution in [2.45, 2.75) is 40.9 Å². The highest BCUT2D eigenvalue weighted by molar-refractivity contribution is 5.88. The van der Waals surface area contributed by atoms with Gasteiger partial charge in [0.05, 0.1) is 18.8 Å². The van der Waals surface area contributed by atoms with Crippen LogP contribution in [0.15, 0.2) is 28.7 Å². The van der Waals surface area contributed by atoms with Crippen molar-refractivity contribution in [3.8, 4) is 11.5 Å². The van der Waals surface area contributed by atoms with Crippen LogP contribution in [-0.2, 0) is 14.2 Å². The molecular weight excluding hydrogens is 365 g/mol. The quantitative estimate of drug-likeness (QED) is 0.705. The van der Waals surface area contributed by atoms with Crippen LogP contribution in [-0.4, -0.2) is 37.1 Å². The van der Waals surface area contributed by atoms with Crippen LogP contribution in [0.25, 0.3) is 11.5 Å². The van der Waals surface area contributed by atoms with Gasteiger partial charge in [-0.05, 0) is 19.1 Å². The molecule has 7 heteroatoms. The van der Waals surface area contributed by atoms with E-state index in [0.717, 1.165) is 0 Å². The third kappa shape index (κ3) is 4.42. The molecule has 0 spiro atoms. The highest BCUT2D eigenvalue weighted by atomic mass is 19.1. The fourth-order valence-electron chi connectivity index (χ4n) is 2.87. The van der Waals surface area contributed by atoms with Gasteiger partial charge in [0.1, 0.15) is 18.2 Å². The Bertz CT molecular complexity index is 848. The number of ether oxygens (including phenoxy) is 3. The monoisotopic (exact) mass is 391 g/mol. The molecule has 0 saturated carbocycles. The Kier molecular flexibility index (Phi) is 5.59. The number of carbonyl (C=O) groups excluding carboxylic acids is 1. The summed E-state index contributed by atoms with van der Waals surface area (Å²) in [6.45, 7) is 10.8. The Morgan fingerprint density at radius 3 is 2.57 bits per heavy atom. The molecule has 1 aliphatic rings. The summed E-state index contributed by atoms with van der Waals surface area (Å²) in [6.07, 6.45) is -0.472. The number of aryl methyl sites for hydroxylation is 1. The molecule has 152 valence electrons. The number of rotatable bonds is 5. The van der Waals surface area contributed by atoms with Crippen molar-refractivity contribution in [3.05, 3.63) is 41.5 Å². The van der Waals surface area contributed by atoms with Crippen molar-refractivity contribution in [2.75, 3.05) is 19.8 Å². The zero-order valence-corrected chi connectivity index (χ0v) is 16.9. The molecule has 0 N–H and O–H groups in total. The maximum atomic E-state index is 13.9. The Balaban J connectivity index is 1.66. The van der Waals surface area contributed by atoms with Crippen molar-refractivity contribution >= 4 is 5.97 Å². The lowest BCUT2D eigenvalue weighted by Crippen LogP contribution is -2.46. The van der Waals surface area contributed by atoms with E-state index < -0.39 is 23.5 Å². The minimum absolute atomic E-state index is 0.0284. The van der Waals surface area contributed by atoms with E-state index in [1.54, 1.807) is 19.1 Å².